The first-order valence-electron chi connectivity index (χ1n) is 6.91. The quantitative estimate of drug-likeness (QED) is 0.840. The van der Waals surface area contributed by atoms with Crippen LogP contribution in [0.2, 0.25) is 0 Å². The molecule has 1 unspecified atom stereocenters. The highest BCUT2D eigenvalue weighted by Gasteiger charge is 2.21. The Morgan fingerprint density at radius 2 is 2.18 bits per heavy atom. The highest BCUT2D eigenvalue weighted by Crippen LogP contribution is 2.37. The molecule has 1 aliphatic carbocycles. The number of piperazine rings is 1. The topological polar surface area (TPSA) is 15.3 Å². The second-order valence-electron chi connectivity index (χ2n) is 5.52. The van der Waals surface area contributed by atoms with Crippen LogP contribution in [0.15, 0.2) is 24.3 Å². The molecule has 1 heterocycles. The normalized spacial score (nSPS) is 25.7. The minimum atomic E-state index is 0.608. The molecular weight excluding hydrogens is 208 g/mol. The van der Waals surface area contributed by atoms with Gasteiger partial charge in [0.05, 0.1) is 0 Å². The van der Waals surface area contributed by atoms with Gasteiger partial charge in [0.2, 0.25) is 0 Å². The van der Waals surface area contributed by atoms with E-state index in [1.54, 1.807) is 5.56 Å². The molecule has 0 aromatic heterocycles. The largest absolute Gasteiger partial charge is 0.369 e. The van der Waals surface area contributed by atoms with Crippen LogP contribution in [0.3, 0.4) is 0 Å². The summed E-state index contributed by atoms with van der Waals surface area (Å²) in [6, 6.07) is 9.83. The third kappa shape index (κ3) is 2.32. The standard InChI is InChI=1S/C15H22N2/c1-12-11-17(9-8-16-12)15-7-3-6-14(10-15)13-4-2-5-13/h3,6-7,10,12-13,16H,2,4-5,8-9,11H2,1H3. The van der Waals surface area contributed by atoms with Crippen LogP contribution in [-0.4, -0.2) is 25.7 Å². The maximum Gasteiger partial charge on any atom is 0.0370 e. The fourth-order valence-electron chi connectivity index (χ4n) is 2.88. The van der Waals surface area contributed by atoms with E-state index >= 15 is 0 Å². The molecule has 0 spiro atoms. The summed E-state index contributed by atoms with van der Waals surface area (Å²) in [7, 11) is 0. The van der Waals surface area contributed by atoms with Crippen LogP contribution in [0, 0.1) is 0 Å². The number of benzene rings is 1. The summed E-state index contributed by atoms with van der Waals surface area (Å²) in [5, 5.41) is 3.50. The van der Waals surface area contributed by atoms with Crippen molar-refractivity contribution in [2.24, 2.45) is 0 Å². The van der Waals surface area contributed by atoms with Crippen LogP contribution in [-0.2, 0) is 0 Å². The van der Waals surface area contributed by atoms with E-state index in [4.69, 9.17) is 0 Å². The molecule has 1 N–H and O–H groups in total. The summed E-state index contributed by atoms with van der Waals surface area (Å²) in [6.45, 7) is 5.64. The Labute approximate surface area is 104 Å². The lowest BCUT2D eigenvalue weighted by atomic mass is 9.80. The maximum atomic E-state index is 3.50. The van der Waals surface area contributed by atoms with E-state index in [2.05, 4.69) is 41.4 Å². The minimum absolute atomic E-state index is 0.608. The minimum Gasteiger partial charge on any atom is -0.369 e. The fraction of sp³-hybridized carbons (Fsp3) is 0.600. The van der Waals surface area contributed by atoms with Gasteiger partial charge in [-0.1, -0.05) is 18.6 Å². The van der Waals surface area contributed by atoms with Crippen molar-refractivity contribution in [3.63, 3.8) is 0 Å². The Kier molecular flexibility index (Phi) is 3.06. The van der Waals surface area contributed by atoms with E-state index in [-0.39, 0.29) is 0 Å². The second-order valence-corrected chi connectivity index (χ2v) is 5.52. The molecule has 1 saturated carbocycles. The van der Waals surface area contributed by atoms with Gasteiger partial charge >= 0.3 is 0 Å². The van der Waals surface area contributed by atoms with E-state index in [0.717, 1.165) is 25.6 Å². The number of nitrogens with one attached hydrogen (secondary N) is 1. The molecule has 0 radical (unpaired) electrons. The number of hydrogen-bond acceptors (Lipinski definition) is 2. The first kappa shape index (κ1) is 11.1. The molecule has 3 rings (SSSR count). The highest BCUT2D eigenvalue weighted by atomic mass is 15.2. The molecule has 17 heavy (non-hydrogen) atoms. The number of hydrogen-bond donors (Lipinski definition) is 1. The van der Waals surface area contributed by atoms with Crippen LogP contribution in [0.5, 0.6) is 0 Å². The van der Waals surface area contributed by atoms with Crippen molar-refractivity contribution < 1.29 is 0 Å². The smallest absolute Gasteiger partial charge is 0.0370 e. The SMILES string of the molecule is CC1CN(c2cccc(C3CCC3)c2)CCN1. The third-order valence-electron chi connectivity index (χ3n) is 4.18. The van der Waals surface area contributed by atoms with Crippen molar-refractivity contribution >= 4 is 5.69 Å². The van der Waals surface area contributed by atoms with Gasteiger partial charge in [0.25, 0.3) is 0 Å². The van der Waals surface area contributed by atoms with E-state index < -0.39 is 0 Å². The Morgan fingerprint density at radius 3 is 2.88 bits per heavy atom. The van der Waals surface area contributed by atoms with Crippen LogP contribution >= 0.6 is 0 Å². The monoisotopic (exact) mass is 230 g/mol. The number of anilines is 1. The molecule has 1 aromatic carbocycles. The summed E-state index contributed by atoms with van der Waals surface area (Å²) in [5.41, 5.74) is 2.97. The molecule has 2 heteroatoms. The van der Waals surface area contributed by atoms with Crippen LogP contribution in [0.1, 0.15) is 37.7 Å². The lowest BCUT2D eigenvalue weighted by molar-refractivity contribution is 0.419. The predicted molar refractivity (Wildman–Crippen MR) is 72.7 cm³/mol. The average molecular weight is 230 g/mol. The molecule has 1 atom stereocenters. The van der Waals surface area contributed by atoms with Gasteiger partial charge in [-0.3, -0.25) is 0 Å². The van der Waals surface area contributed by atoms with E-state index in [1.807, 2.05) is 0 Å². The molecule has 1 aromatic rings. The summed E-state index contributed by atoms with van der Waals surface area (Å²) >= 11 is 0. The molecule has 92 valence electrons. The Hall–Kier alpha value is -1.02. The average Bonchev–Trinajstić information content (AvgIpc) is 2.27. The maximum absolute atomic E-state index is 3.50. The van der Waals surface area contributed by atoms with Crippen LogP contribution in [0.25, 0.3) is 0 Å². The number of rotatable bonds is 2. The molecule has 1 saturated heterocycles. The molecule has 2 aliphatic rings. The van der Waals surface area contributed by atoms with E-state index in [9.17, 15) is 0 Å². The lowest BCUT2D eigenvalue weighted by Crippen LogP contribution is -2.49. The molecular formula is C15H22N2. The van der Waals surface area contributed by atoms with Crippen LogP contribution < -0.4 is 10.2 Å². The van der Waals surface area contributed by atoms with Crippen molar-refractivity contribution in [3.05, 3.63) is 29.8 Å². The third-order valence-corrected chi connectivity index (χ3v) is 4.18. The van der Waals surface area contributed by atoms with Gasteiger partial charge < -0.3 is 10.2 Å². The molecule has 2 fully saturated rings. The van der Waals surface area contributed by atoms with Gasteiger partial charge in [-0.15, -0.1) is 0 Å². The van der Waals surface area contributed by atoms with Gasteiger partial charge in [-0.25, -0.2) is 0 Å². The van der Waals surface area contributed by atoms with Gasteiger partial charge in [0.15, 0.2) is 0 Å². The fourth-order valence-corrected chi connectivity index (χ4v) is 2.88. The van der Waals surface area contributed by atoms with E-state index in [1.165, 1.54) is 24.9 Å². The van der Waals surface area contributed by atoms with Gasteiger partial charge in [-0.2, -0.15) is 0 Å². The van der Waals surface area contributed by atoms with E-state index in [0.29, 0.717) is 6.04 Å². The van der Waals surface area contributed by atoms with Crippen molar-refractivity contribution in [3.8, 4) is 0 Å². The van der Waals surface area contributed by atoms with Crippen molar-refractivity contribution in [2.45, 2.75) is 38.1 Å². The zero-order valence-corrected chi connectivity index (χ0v) is 10.7. The zero-order valence-electron chi connectivity index (χ0n) is 10.7. The van der Waals surface area contributed by atoms with Gasteiger partial charge in [-0.05, 0) is 43.4 Å². The Balaban J connectivity index is 1.77. The van der Waals surface area contributed by atoms with Crippen molar-refractivity contribution in [1.29, 1.82) is 0 Å². The lowest BCUT2D eigenvalue weighted by Gasteiger charge is -2.34. The van der Waals surface area contributed by atoms with Crippen molar-refractivity contribution in [2.75, 3.05) is 24.5 Å². The first-order valence-corrected chi connectivity index (χ1v) is 6.91. The summed E-state index contributed by atoms with van der Waals surface area (Å²) in [4.78, 5) is 2.52. The van der Waals surface area contributed by atoms with Gasteiger partial charge in [0, 0.05) is 31.4 Å². The summed E-state index contributed by atoms with van der Waals surface area (Å²) in [6.07, 6.45) is 4.20. The summed E-state index contributed by atoms with van der Waals surface area (Å²) < 4.78 is 0. The highest BCUT2D eigenvalue weighted by molar-refractivity contribution is 5.50. The molecule has 2 nitrogen and oxygen atoms in total. The van der Waals surface area contributed by atoms with Crippen molar-refractivity contribution in [1.82, 2.24) is 5.32 Å². The van der Waals surface area contributed by atoms with Crippen LogP contribution in [0.4, 0.5) is 5.69 Å². The molecule has 1 aliphatic heterocycles. The first-order chi connectivity index (χ1) is 8.33. The molecule has 0 bridgehead atoms. The second kappa shape index (κ2) is 4.69. The Morgan fingerprint density at radius 1 is 1.29 bits per heavy atom. The summed E-state index contributed by atoms with van der Waals surface area (Å²) in [5.74, 6) is 0.843. The molecule has 0 amide bonds. The zero-order chi connectivity index (χ0) is 11.7. The predicted octanol–water partition coefficient (Wildman–Crippen LogP) is 2.75. The Bertz CT molecular complexity index is 384. The van der Waals surface area contributed by atoms with Gasteiger partial charge in [0.1, 0.15) is 0 Å². The number of nitrogens with zero attached hydrogens (tertiary/aromatic N) is 1.